The standard InChI is InChI=1S/C10H16O5/c1-6-4-7(10(12)14-3)8(15-6)5-9(11)13-2/h6-8H,4-5H2,1-3H3/t6-,7-,8+/m0/s1. The Morgan fingerprint density at radius 2 is 2.00 bits per heavy atom. The molecule has 1 saturated heterocycles. The van der Waals surface area contributed by atoms with Gasteiger partial charge in [-0.15, -0.1) is 0 Å². The maximum atomic E-state index is 11.4. The molecule has 0 spiro atoms. The Hall–Kier alpha value is -1.10. The molecular weight excluding hydrogens is 200 g/mol. The van der Waals surface area contributed by atoms with Crippen LogP contribution < -0.4 is 0 Å². The van der Waals surface area contributed by atoms with E-state index < -0.39 is 6.10 Å². The molecule has 15 heavy (non-hydrogen) atoms. The zero-order chi connectivity index (χ0) is 11.4. The summed E-state index contributed by atoms with van der Waals surface area (Å²) >= 11 is 0. The number of hydrogen-bond acceptors (Lipinski definition) is 5. The van der Waals surface area contributed by atoms with Gasteiger partial charge in [0.1, 0.15) is 0 Å². The van der Waals surface area contributed by atoms with Crippen molar-refractivity contribution in [3.63, 3.8) is 0 Å². The van der Waals surface area contributed by atoms with Gasteiger partial charge in [0, 0.05) is 0 Å². The molecule has 86 valence electrons. The minimum atomic E-state index is -0.417. The molecule has 0 aliphatic carbocycles. The minimum absolute atomic E-state index is 0.0243. The van der Waals surface area contributed by atoms with Crippen LogP contribution in [0, 0.1) is 5.92 Å². The lowest BCUT2D eigenvalue weighted by molar-refractivity contribution is -0.150. The second kappa shape index (κ2) is 5.11. The third-order valence-corrected chi connectivity index (χ3v) is 2.54. The number of carbonyl (C=O) groups excluding carboxylic acids is 2. The van der Waals surface area contributed by atoms with E-state index in [0.717, 1.165) is 0 Å². The van der Waals surface area contributed by atoms with Gasteiger partial charge in [0.15, 0.2) is 0 Å². The molecule has 1 aliphatic heterocycles. The molecule has 3 atom stereocenters. The van der Waals surface area contributed by atoms with E-state index in [0.29, 0.717) is 6.42 Å². The summed E-state index contributed by atoms with van der Waals surface area (Å²) in [5.41, 5.74) is 0. The molecule has 0 aromatic rings. The maximum absolute atomic E-state index is 11.4. The Morgan fingerprint density at radius 3 is 2.53 bits per heavy atom. The fourth-order valence-corrected chi connectivity index (χ4v) is 1.80. The summed E-state index contributed by atoms with van der Waals surface area (Å²) in [7, 11) is 2.65. The smallest absolute Gasteiger partial charge is 0.311 e. The van der Waals surface area contributed by atoms with Gasteiger partial charge in [-0.3, -0.25) is 9.59 Å². The van der Waals surface area contributed by atoms with E-state index in [4.69, 9.17) is 4.74 Å². The Balaban J connectivity index is 2.60. The number of esters is 2. The highest BCUT2D eigenvalue weighted by molar-refractivity contribution is 5.76. The van der Waals surface area contributed by atoms with E-state index in [9.17, 15) is 9.59 Å². The van der Waals surface area contributed by atoms with Crippen LogP contribution in [-0.4, -0.2) is 38.4 Å². The van der Waals surface area contributed by atoms with Crippen molar-refractivity contribution >= 4 is 11.9 Å². The molecule has 0 N–H and O–H groups in total. The first-order valence-electron chi connectivity index (χ1n) is 4.88. The zero-order valence-corrected chi connectivity index (χ0v) is 9.19. The minimum Gasteiger partial charge on any atom is -0.469 e. The maximum Gasteiger partial charge on any atom is 0.311 e. The fraction of sp³-hybridized carbons (Fsp3) is 0.800. The molecule has 1 rings (SSSR count). The molecule has 0 amide bonds. The van der Waals surface area contributed by atoms with Crippen LogP contribution in [-0.2, 0) is 23.8 Å². The molecule has 1 heterocycles. The topological polar surface area (TPSA) is 61.8 Å². The Bertz CT molecular complexity index is 250. The van der Waals surface area contributed by atoms with Gasteiger partial charge in [-0.1, -0.05) is 0 Å². The van der Waals surface area contributed by atoms with Crippen molar-refractivity contribution in [2.24, 2.45) is 5.92 Å². The summed E-state index contributed by atoms with van der Waals surface area (Å²) in [5, 5.41) is 0. The number of carbonyl (C=O) groups is 2. The van der Waals surface area contributed by atoms with Gasteiger partial charge in [0.05, 0.1) is 38.8 Å². The Morgan fingerprint density at radius 1 is 1.33 bits per heavy atom. The lowest BCUT2D eigenvalue weighted by Crippen LogP contribution is -2.28. The normalized spacial score (nSPS) is 29.9. The van der Waals surface area contributed by atoms with Crippen LogP contribution in [0.4, 0.5) is 0 Å². The zero-order valence-electron chi connectivity index (χ0n) is 9.19. The predicted octanol–water partition coefficient (Wildman–Crippen LogP) is 0.516. The lowest BCUT2D eigenvalue weighted by atomic mass is 9.98. The molecule has 5 heteroatoms. The first kappa shape index (κ1) is 12.0. The summed E-state index contributed by atoms with van der Waals surface area (Å²) in [4.78, 5) is 22.5. The summed E-state index contributed by atoms with van der Waals surface area (Å²) in [6.07, 6.45) is 0.248. The van der Waals surface area contributed by atoms with Crippen molar-refractivity contribution < 1.29 is 23.8 Å². The van der Waals surface area contributed by atoms with E-state index in [2.05, 4.69) is 9.47 Å². The molecule has 0 radical (unpaired) electrons. The molecular formula is C10H16O5. The highest BCUT2D eigenvalue weighted by Crippen LogP contribution is 2.29. The monoisotopic (exact) mass is 216 g/mol. The molecule has 0 saturated carbocycles. The third kappa shape index (κ3) is 2.92. The number of hydrogen-bond donors (Lipinski definition) is 0. The number of methoxy groups -OCH3 is 2. The number of ether oxygens (including phenoxy) is 3. The highest BCUT2D eigenvalue weighted by atomic mass is 16.5. The van der Waals surface area contributed by atoms with Crippen molar-refractivity contribution in [1.29, 1.82) is 0 Å². The summed E-state index contributed by atoms with van der Waals surface area (Å²) in [6.45, 7) is 1.87. The third-order valence-electron chi connectivity index (χ3n) is 2.54. The summed E-state index contributed by atoms with van der Waals surface area (Å²) in [6, 6.07) is 0. The SMILES string of the molecule is COC(=O)C[C@H]1O[C@@H](C)C[C@@H]1C(=O)OC. The van der Waals surface area contributed by atoms with Crippen molar-refractivity contribution in [1.82, 2.24) is 0 Å². The van der Waals surface area contributed by atoms with E-state index >= 15 is 0 Å². The second-order valence-corrected chi connectivity index (χ2v) is 3.63. The van der Waals surface area contributed by atoms with Crippen molar-refractivity contribution in [3.8, 4) is 0 Å². The number of rotatable bonds is 3. The van der Waals surface area contributed by atoms with Gasteiger partial charge in [0.25, 0.3) is 0 Å². The largest absolute Gasteiger partial charge is 0.469 e. The molecule has 0 unspecified atom stereocenters. The van der Waals surface area contributed by atoms with Gasteiger partial charge in [-0.05, 0) is 13.3 Å². The molecule has 0 aromatic heterocycles. The Labute approximate surface area is 88.7 Å². The van der Waals surface area contributed by atoms with E-state index in [1.807, 2.05) is 6.92 Å². The van der Waals surface area contributed by atoms with Crippen LogP contribution in [0.2, 0.25) is 0 Å². The lowest BCUT2D eigenvalue weighted by Gasteiger charge is -2.14. The van der Waals surface area contributed by atoms with Crippen LogP contribution in [0.3, 0.4) is 0 Å². The van der Waals surface area contributed by atoms with Crippen LogP contribution >= 0.6 is 0 Å². The van der Waals surface area contributed by atoms with Gasteiger partial charge in [-0.25, -0.2) is 0 Å². The van der Waals surface area contributed by atoms with Gasteiger partial charge in [-0.2, -0.15) is 0 Å². The Kier molecular flexibility index (Phi) is 4.08. The van der Waals surface area contributed by atoms with Crippen molar-refractivity contribution in [2.75, 3.05) is 14.2 Å². The van der Waals surface area contributed by atoms with Gasteiger partial charge in [0.2, 0.25) is 0 Å². The molecule has 1 fully saturated rings. The predicted molar refractivity (Wildman–Crippen MR) is 51.1 cm³/mol. The van der Waals surface area contributed by atoms with Crippen LogP contribution in [0.5, 0.6) is 0 Å². The van der Waals surface area contributed by atoms with Crippen LogP contribution in [0.15, 0.2) is 0 Å². The van der Waals surface area contributed by atoms with E-state index in [-0.39, 0.29) is 30.4 Å². The van der Waals surface area contributed by atoms with E-state index in [1.165, 1.54) is 14.2 Å². The average molecular weight is 216 g/mol. The molecule has 0 bridgehead atoms. The van der Waals surface area contributed by atoms with E-state index in [1.54, 1.807) is 0 Å². The average Bonchev–Trinajstić information content (AvgIpc) is 2.58. The molecule has 5 nitrogen and oxygen atoms in total. The van der Waals surface area contributed by atoms with Crippen LogP contribution in [0.25, 0.3) is 0 Å². The van der Waals surface area contributed by atoms with Gasteiger partial charge >= 0.3 is 11.9 Å². The molecule has 1 aliphatic rings. The summed E-state index contributed by atoms with van der Waals surface area (Å²) in [5.74, 6) is -1.06. The van der Waals surface area contributed by atoms with Crippen LogP contribution in [0.1, 0.15) is 19.8 Å². The summed E-state index contributed by atoms with van der Waals surface area (Å²) < 4.78 is 14.7. The van der Waals surface area contributed by atoms with Crippen molar-refractivity contribution in [2.45, 2.75) is 32.0 Å². The second-order valence-electron chi connectivity index (χ2n) is 3.63. The highest BCUT2D eigenvalue weighted by Gasteiger charge is 2.39. The quantitative estimate of drug-likeness (QED) is 0.643. The molecule has 0 aromatic carbocycles. The fourth-order valence-electron chi connectivity index (χ4n) is 1.80. The van der Waals surface area contributed by atoms with Crippen molar-refractivity contribution in [3.05, 3.63) is 0 Å². The first-order chi connectivity index (χ1) is 7.08. The first-order valence-corrected chi connectivity index (χ1v) is 4.88. The van der Waals surface area contributed by atoms with Gasteiger partial charge < -0.3 is 14.2 Å².